The number of hydrogen-bond donors (Lipinski definition) is 0. The van der Waals surface area contributed by atoms with Crippen LogP contribution in [0.1, 0.15) is 58.8 Å². The SMILES string of the molecule is CCCC[C@H]1CC/C(C)=C\CCC(=O)C1C(=O)OC. The lowest BCUT2D eigenvalue weighted by Gasteiger charge is -2.23. The molecule has 108 valence electrons. The molecular weight excluding hydrogens is 240 g/mol. The third-order valence-electron chi connectivity index (χ3n) is 3.99. The lowest BCUT2D eigenvalue weighted by Crippen LogP contribution is -2.32. The van der Waals surface area contributed by atoms with Crippen molar-refractivity contribution in [3.8, 4) is 0 Å². The summed E-state index contributed by atoms with van der Waals surface area (Å²) in [5.74, 6) is -0.693. The topological polar surface area (TPSA) is 43.4 Å². The van der Waals surface area contributed by atoms with E-state index in [1.165, 1.54) is 12.7 Å². The molecule has 0 saturated heterocycles. The highest BCUT2D eigenvalue weighted by Gasteiger charge is 2.34. The minimum atomic E-state index is -0.546. The first-order valence-corrected chi connectivity index (χ1v) is 7.36. The van der Waals surface area contributed by atoms with E-state index < -0.39 is 5.92 Å². The second kappa shape index (κ2) is 8.13. The molecule has 3 nitrogen and oxygen atoms in total. The van der Waals surface area contributed by atoms with Crippen LogP contribution in [0.2, 0.25) is 0 Å². The number of methoxy groups -OCH3 is 1. The maximum absolute atomic E-state index is 12.3. The summed E-state index contributed by atoms with van der Waals surface area (Å²) in [6.07, 6.45) is 8.33. The van der Waals surface area contributed by atoms with Crippen LogP contribution in [0.5, 0.6) is 0 Å². The zero-order valence-electron chi connectivity index (χ0n) is 12.4. The minimum absolute atomic E-state index is 0.0545. The molecule has 3 heteroatoms. The van der Waals surface area contributed by atoms with Gasteiger partial charge in [0.15, 0.2) is 0 Å². The van der Waals surface area contributed by atoms with Gasteiger partial charge < -0.3 is 4.74 Å². The van der Waals surface area contributed by atoms with Crippen LogP contribution in [0, 0.1) is 11.8 Å². The first kappa shape index (κ1) is 15.9. The Hall–Kier alpha value is -1.12. The van der Waals surface area contributed by atoms with E-state index in [1.54, 1.807) is 0 Å². The third kappa shape index (κ3) is 4.81. The van der Waals surface area contributed by atoms with Gasteiger partial charge in [0.2, 0.25) is 0 Å². The van der Waals surface area contributed by atoms with Crippen molar-refractivity contribution >= 4 is 11.8 Å². The van der Waals surface area contributed by atoms with Gasteiger partial charge in [-0.3, -0.25) is 9.59 Å². The van der Waals surface area contributed by atoms with Crippen molar-refractivity contribution in [2.24, 2.45) is 11.8 Å². The van der Waals surface area contributed by atoms with Gasteiger partial charge in [-0.2, -0.15) is 0 Å². The summed E-state index contributed by atoms with van der Waals surface area (Å²) >= 11 is 0. The van der Waals surface area contributed by atoms with Crippen molar-refractivity contribution in [3.05, 3.63) is 11.6 Å². The maximum atomic E-state index is 12.3. The minimum Gasteiger partial charge on any atom is -0.468 e. The summed E-state index contributed by atoms with van der Waals surface area (Å²) in [7, 11) is 1.38. The van der Waals surface area contributed by atoms with E-state index >= 15 is 0 Å². The summed E-state index contributed by atoms with van der Waals surface area (Å²) in [5, 5.41) is 0. The van der Waals surface area contributed by atoms with E-state index in [0.29, 0.717) is 6.42 Å². The Labute approximate surface area is 116 Å². The second-order valence-electron chi connectivity index (χ2n) is 5.50. The van der Waals surface area contributed by atoms with Gasteiger partial charge in [-0.05, 0) is 38.5 Å². The summed E-state index contributed by atoms with van der Waals surface area (Å²) < 4.78 is 4.86. The van der Waals surface area contributed by atoms with Crippen LogP contribution in [-0.4, -0.2) is 18.9 Å². The van der Waals surface area contributed by atoms with Crippen molar-refractivity contribution in [2.45, 2.75) is 58.8 Å². The Balaban J connectivity index is 2.89. The van der Waals surface area contributed by atoms with Gasteiger partial charge in [-0.15, -0.1) is 0 Å². The van der Waals surface area contributed by atoms with Gasteiger partial charge in [0.1, 0.15) is 11.7 Å². The summed E-state index contributed by atoms with van der Waals surface area (Å²) in [5.41, 5.74) is 1.33. The second-order valence-corrected chi connectivity index (χ2v) is 5.50. The number of unbranched alkanes of at least 4 members (excludes halogenated alkanes) is 1. The lowest BCUT2D eigenvalue weighted by atomic mass is 9.81. The highest BCUT2D eigenvalue weighted by molar-refractivity contribution is 5.99. The first-order valence-electron chi connectivity index (χ1n) is 7.36. The molecule has 1 rings (SSSR count). The molecule has 0 fully saturated rings. The molecular formula is C16H26O3. The van der Waals surface area contributed by atoms with Crippen molar-refractivity contribution < 1.29 is 14.3 Å². The van der Waals surface area contributed by atoms with Gasteiger partial charge in [0.25, 0.3) is 0 Å². The van der Waals surface area contributed by atoms with E-state index in [0.717, 1.165) is 38.5 Å². The van der Waals surface area contributed by atoms with Gasteiger partial charge >= 0.3 is 5.97 Å². The van der Waals surface area contributed by atoms with E-state index in [2.05, 4.69) is 19.9 Å². The fourth-order valence-electron chi connectivity index (χ4n) is 2.79. The van der Waals surface area contributed by atoms with Gasteiger partial charge in [0.05, 0.1) is 7.11 Å². The van der Waals surface area contributed by atoms with Gasteiger partial charge in [-0.1, -0.05) is 31.4 Å². The zero-order chi connectivity index (χ0) is 14.3. The zero-order valence-corrected chi connectivity index (χ0v) is 12.4. The lowest BCUT2D eigenvalue weighted by molar-refractivity contribution is -0.152. The molecule has 1 aliphatic carbocycles. The molecule has 0 amide bonds. The molecule has 0 N–H and O–H groups in total. The number of Topliss-reactive ketones (excluding diaryl/α,β-unsaturated/α-hetero) is 1. The largest absolute Gasteiger partial charge is 0.468 e. The van der Waals surface area contributed by atoms with E-state index in [9.17, 15) is 9.59 Å². The molecule has 0 radical (unpaired) electrons. The molecule has 0 heterocycles. The van der Waals surface area contributed by atoms with E-state index in [-0.39, 0.29) is 17.7 Å². The fourth-order valence-corrected chi connectivity index (χ4v) is 2.79. The Kier molecular flexibility index (Phi) is 6.82. The molecule has 0 aromatic rings. The highest BCUT2D eigenvalue weighted by Crippen LogP contribution is 2.30. The molecule has 19 heavy (non-hydrogen) atoms. The standard InChI is InChI=1S/C16H26O3/c1-4-5-8-13-11-10-12(2)7-6-9-14(17)15(13)16(18)19-3/h7,13,15H,4-6,8-11H2,1-3H3/b12-7-/t13-,15?/m0/s1. The average molecular weight is 266 g/mol. The van der Waals surface area contributed by atoms with Crippen LogP contribution in [0.25, 0.3) is 0 Å². The molecule has 0 saturated carbocycles. The number of carbonyl (C=O) groups is 2. The Morgan fingerprint density at radius 3 is 2.79 bits per heavy atom. The molecule has 2 atom stereocenters. The molecule has 0 aliphatic heterocycles. The molecule has 0 spiro atoms. The van der Waals surface area contributed by atoms with Crippen LogP contribution in [0.15, 0.2) is 11.6 Å². The maximum Gasteiger partial charge on any atom is 0.316 e. The monoisotopic (exact) mass is 266 g/mol. The average Bonchev–Trinajstić information content (AvgIpc) is 2.46. The summed E-state index contributed by atoms with van der Waals surface area (Å²) in [6, 6.07) is 0. The van der Waals surface area contributed by atoms with Crippen LogP contribution in [0.4, 0.5) is 0 Å². The predicted molar refractivity (Wildman–Crippen MR) is 75.8 cm³/mol. The fraction of sp³-hybridized carbons (Fsp3) is 0.750. The number of ether oxygens (including phenoxy) is 1. The number of esters is 1. The Morgan fingerprint density at radius 1 is 1.42 bits per heavy atom. The third-order valence-corrected chi connectivity index (χ3v) is 3.99. The molecule has 1 unspecified atom stereocenters. The number of rotatable bonds is 4. The van der Waals surface area contributed by atoms with E-state index in [4.69, 9.17) is 4.74 Å². The number of ketones is 1. The smallest absolute Gasteiger partial charge is 0.316 e. The number of hydrogen-bond acceptors (Lipinski definition) is 3. The molecule has 0 bridgehead atoms. The van der Waals surface area contributed by atoms with Crippen LogP contribution in [0.3, 0.4) is 0 Å². The van der Waals surface area contributed by atoms with Crippen molar-refractivity contribution in [2.75, 3.05) is 7.11 Å². The van der Waals surface area contributed by atoms with E-state index in [1.807, 2.05) is 0 Å². The normalized spacial score (nSPS) is 27.7. The van der Waals surface area contributed by atoms with Crippen LogP contribution < -0.4 is 0 Å². The van der Waals surface area contributed by atoms with Crippen molar-refractivity contribution in [1.29, 1.82) is 0 Å². The quantitative estimate of drug-likeness (QED) is 0.443. The molecule has 0 aromatic heterocycles. The van der Waals surface area contributed by atoms with Crippen molar-refractivity contribution in [3.63, 3.8) is 0 Å². The Morgan fingerprint density at radius 2 is 2.16 bits per heavy atom. The van der Waals surface area contributed by atoms with Crippen LogP contribution >= 0.6 is 0 Å². The molecule has 0 aromatic carbocycles. The first-order chi connectivity index (χ1) is 9.10. The van der Waals surface area contributed by atoms with Crippen LogP contribution in [-0.2, 0) is 14.3 Å². The van der Waals surface area contributed by atoms with Gasteiger partial charge in [-0.25, -0.2) is 0 Å². The summed E-state index contributed by atoms with van der Waals surface area (Å²) in [4.78, 5) is 24.2. The highest BCUT2D eigenvalue weighted by atomic mass is 16.5. The predicted octanol–water partition coefficient (Wildman–Crippen LogP) is 3.67. The van der Waals surface area contributed by atoms with Gasteiger partial charge in [0, 0.05) is 6.42 Å². The Bertz CT molecular complexity index is 344. The molecule has 1 aliphatic rings. The number of carbonyl (C=O) groups excluding carboxylic acids is 2. The number of allylic oxidation sites excluding steroid dienone is 2. The van der Waals surface area contributed by atoms with Crippen molar-refractivity contribution in [1.82, 2.24) is 0 Å². The summed E-state index contributed by atoms with van der Waals surface area (Å²) in [6.45, 7) is 4.25.